The predicted molar refractivity (Wildman–Crippen MR) is 65.6 cm³/mol. The molecule has 16 heavy (non-hydrogen) atoms. The highest BCUT2D eigenvalue weighted by molar-refractivity contribution is 5.14. The second-order valence-corrected chi connectivity index (χ2v) is 3.81. The molecule has 0 aromatic heterocycles. The van der Waals surface area contributed by atoms with Gasteiger partial charge in [-0.1, -0.05) is 30.3 Å². The molecule has 0 aliphatic rings. The summed E-state index contributed by atoms with van der Waals surface area (Å²) in [6.07, 6.45) is 1.54. The average Bonchev–Trinajstić information content (AvgIpc) is 2.31. The van der Waals surface area contributed by atoms with Gasteiger partial charge in [-0.2, -0.15) is 5.26 Å². The van der Waals surface area contributed by atoms with Crippen molar-refractivity contribution in [1.29, 1.82) is 5.26 Å². The summed E-state index contributed by atoms with van der Waals surface area (Å²) in [5.41, 5.74) is 6.88. The summed E-state index contributed by atoms with van der Waals surface area (Å²) in [5, 5.41) is 8.51. The number of rotatable bonds is 7. The molecule has 0 atom stereocenters. The second kappa shape index (κ2) is 7.86. The quantitative estimate of drug-likeness (QED) is 0.708. The Morgan fingerprint density at radius 1 is 1.19 bits per heavy atom. The molecule has 0 fully saturated rings. The summed E-state index contributed by atoms with van der Waals surface area (Å²) >= 11 is 0. The summed E-state index contributed by atoms with van der Waals surface area (Å²) in [4.78, 5) is 2.30. The highest BCUT2D eigenvalue weighted by atomic mass is 15.1. The Balaban J connectivity index is 2.41. The Morgan fingerprint density at radius 3 is 2.56 bits per heavy atom. The van der Waals surface area contributed by atoms with E-state index >= 15 is 0 Å². The van der Waals surface area contributed by atoms with Crippen LogP contribution in [-0.2, 0) is 6.54 Å². The molecule has 1 rings (SSSR count). The van der Waals surface area contributed by atoms with Crippen molar-refractivity contribution in [3.05, 3.63) is 35.9 Å². The zero-order chi connectivity index (χ0) is 11.6. The van der Waals surface area contributed by atoms with Crippen LogP contribution < -0.4 is 5.73 Å². The second-order valence-electron chi connectivity index (χ2n) is 3.81. The van der Waals surface area contributed by atoms with Crippen LogP contribution in [0.3, 0.4) is 0 Å². The van der Waals surface area contributed by atoms with Crippen molar-refractivity contribution >= 4 is 0 Å². The van der Waals surface area contributed by atoms with E-state index in [1.54, 1.807) is 0 Å². The lowest BCUT2D eigenvalue weighted by atomic mass is 10.2. The highest BCUT2D eigenvalue weighted by Crippen LogP contribution is 2.05. The summed E-state index contributed by atoms with van der Waals surface area (Å²) in [6, 6.07) is 12.5. The van der Waals surface area contributed by atoms with Crippen LogP contribution in [0.1, 0.15) is 18.4 Å². The van der Waals surface area contributed by atoms with Gasteiger partial charge in [0.2, 0.25) is 0 Å². The first kappa shape index (κ1) is 12.7. The van der Waals surface area contributed by atoms with Gasteiger partial charge in [0.25, 0.3) is 0 Å². The van der Waals surface area contributed by atoms with E-state index in [9.17, 15) is 0 Å². The van der Waals surface area contributed by atoms with Crippen molar-refractivity contribution in [2.75, 3.05) is 19.6 Å². The smallest absolute Gasteiger partial charge is 0.0622 e. The van der Waals surface area contributed by atoms with Gasteiger partial charge in [0.05, 0.1) is 6.07 Å². The van der Waals surface area contributed by atoms with Crippen LogP contribution >= 0.6 is 0 Å². The Bertz CT molecular complexity index is 316. The molecule has 0 heterocycles. The molecule has 0 spiro atoms. The van der Waals surface area contributed by atoms with Gasteiger partial charge in [-0.25, -0.2) is 0 Å². The summed E-state index contributed by atoms with van der Waals surface area (Å²) < 4.78 is 0. The summed E-state index contributed by atoms with van der Waals surface area (Å²) in [6.45, 7) is 3.42. The van der Waals surface area contributed by atoms with Gasteiger partial charge in [-0.3, -0.25) is 4.90 Å². The molecule has 3 nitrogen and oxygen atoms in total. The molecular formula is C13H19N3. The van der Waals surface area contributed by atoms with Crippen LogP contribution in [0.25, 0.3) is 0 Å². The third-order valence-corrected chi connectivity index (χ3v) is 2.46. The number of hydrogen-bond acceptors (Lipinski definition) is 3. The maximum absolute atomic E-state index is 8.51. The van der Waals surface area contributed by atoms with Crippen molar-refractivity contribution in [2.24, 2.45) is 5.73 Å². The normalized spacial score (nSPS) is 10.3. The molecule has 0 aliphatic carbocycles. The van der Waals surface area contributed by atoms with E-state index in [0.717, 1.165) is 26.1 Å². The van der Waals surface area contributed by atoms with E-state index in [0.29, 0.717) is 13.0 Å². The molecule has 2 N–H and O–H groups in total. The first-order chi connectivity index (χ1) is 7.86. The molecule has 0 aliphatic heterocycles. The van der Waals surface area contributed by atoms with Crippen LogP contribution in [-0.4, -0.2) is 24.5 Å². The molecular weight excluding hydrogens is 198 g/mol. The number of nitriles is 1. The Morgan fingerprint density at radius 2 is 1.94 bits per heavy atom. The topological polar surface area (TPSA) is 53.0 Å². The SMILES string of the molecule is N#CCCCN(CCN)Cc1ccccc1. The molecule has 3 heteroatoms. The summed E-state index contributed by atoms with van der Waals surface area (Å²) in [5.74, 6) is 0. The average molecular weight is 217 g/mol. The van der Waals surface area contributed by atoms with Crippen molar-refractivity contribution in [3.8, 4) is 6.07 Å². The zero-order valence-electron chi connectivity index (χ0n) is 9.60. The van der Waals surface area contributed by atoms with Crippen LogP contribution in [0.4, 0.5) is 0 Å². The molecule has 0 saturated heterocycles. The lowest BCUT2D eigenvalue weighted by molar-refractivity contribution is 0.270. The first-order valence-corrected chi connectivity index (χ1v) is 5.70. The highest BCUT2D eigenvalue weighted by Gasteiger charge is 2.04. The standard InChI is InChI=1S/C13H19N3/c14-8-4-5-10-16(11-9-15)12-13-6-2-1-3-7-13/h1-3,6-7H,4-5,9-12,15H2. The van der Waals surface area contributed by atoms with Gasteiger partial charge < -0.3 is 5.73 Å². The molecule has 0 amide bonds. The number of unbranched alkanes of at least 4 members (excludes halogenated alkanes) is 1. The Kier molecular flexibility index (Phi) is 6.24. The van der Waals surface area contributed by atoms with Crippen molar-refractivity contribution < 1.29 is 0 Å². The lowest BCUT2D eigenvalue weighted by Crippen LogP contribution is -2.30. The van der Waals surface area contributed by atoms with Crippen LogP contribution in [0, 0.1) is 11.3 Å². The number of hydrogen-bond donors (Lipinski definition) is 1. The third-order valence-electron chi connectivity index (χ3n) is 2.46. The lowest BCUT2D eigenvalue weighted by Gasteiger charge is -2.21. The monoisotopic (exact) mass is 217 g/mol. The van der Waals surface area contributed by atoms with Gasteiger partial charge >= 0.3 is 0 Å². The van der Waals surface area contributed by atoms with Gasteiger partial charge in [0.15, 0.2) is 0 Å². The molecule has 86 valence electrons. The van der Waals surface area contributed by atoms with Gasteiger partial charge in [0, 0.05) is 26.1 Å². The fourth-order valence-electron chi connectivity index (χ4n) is 1.68. The van der Waals surface area contributed by atoms with E-state index in [4.69, 9.17) is 11.0 Å². The van der Waals surface area contributed by atoms with E-state index < -0.39 is 0 Å². The first-order valence-electron chi connectivity index (χ1n) is 5.70. The zero-order valence-corrected chi connectivity index (χ0v) is 9.60. The third kappa shape index (κ3) is 4.92. The molecule has 0 radical (unpaired) electrons. The number of nitrogens with zero attached hydrogens (tertiary/aromatic N) is 2. The molecule has 0 bridgehead atoms. The van der Waals surface area contributed by atoms with Gasteiger partial charge in [0.1, 0.15) is 0 Å². The summed E-state index contributed by atoms with van der Waals surface area (Å²) in [7, 11) is 0. The van der Waals surface area contributed by atoms with E-state index in [-0.39, 0.29) is 0 Å². The number of nitrogens with two attached hydrogens (primary N) is 1. The minimum atomic E-state index is 0.621. The predicted octanol–water partition coefficient (Wildman–Crippen LogP) is 1.75. The fraction of sp³-hybridized carbons (Fsp3) is 0.462. The van der Waals surface area contributed by atoms with E-state index in [1.807, 2.05) is 18.2 Å². The maximum atomic E-state index is 8.51. The minimum absolute atomic E-state index is 0.621. The molecule has 1 aromatic carbocycles. The van der Waals surface area contributed by atoms with Crippen molar-refractivity contribution in [2.45, 2.75) is 19.4 Å². The molecule has 1 aromatic rings. The van der Waals surface area contributed by atoms with Crippen LogP contribution in [0.15, 0.2) is 30.3 Å². The van der Waals surface area contributed by atoms with E-state index in [2.05, 4.69) is 23.1 Å². The maximum Gasteiger partial charge on any atom is 0.0622 e. The van der Waals surface area contributed by atoms with Gasteiger partial charge in [-0.05, 0) is 18.5 Å². The Hall–Kier alpha value is -1.37. The van der Waals surface area contributed by atoms with Gasteiger partial charge in [-0.15, -0.1) is 0 Å². The minimum Gasteiger partial charge on any atom is -0.329 e. The molecule has 0 saturated carbocycles. The van der Waals surface area contributed by atoms with Crippen LogP contribution in [0.2, 0.25) is 0 Å². The number of benzene rings is 1. The Labute approximate surface area is 97.5 Å². The van der Waals surface area contributed by atoms with Crippen molar-refractivity contribution in [3.63, 3.8) is 0 Å². The fourth-order valence-corrected chi connectivity index (χ4v) is 1.68. The van der Waals surface area contributed by atoms with E-state index in [1.165, 1.54) is 5.56 Å². The molecule has 0 unspecified atom stereocenters. The van der Waals surface area contributed by atoms with Crippen molar-refractivity contribution in [1.82, 2.24) is 4.90 Å². The largest absolute Gasteiger partial charge is 0.329 e. The van der Waals surface area contributed by atoms with Crippen LogP contribution in [0.5, 0.6) is 0 Å².